The highest BCUT2D eigenvalue weighted by Crippen LogP contribution is 2.39. The molecule has 1 unspecified atom stereocenters. The lowest BCUT2D eigenvalue weighted by Gasteiger charge is -2.21. The average molecular weight is 352 g/mol. The molecule has 0 radical (unpaired) electrons. The fourth-order valence-electron chi connectivity index (χ4n) is 3.18. The molecule has 1 N–H and O–H groups in total. The number of ketones is 1. The van der Waals surface area contributed by atoms with E-state index in [1.54, 1.807) is 42.6 Å². The van der Waals surface area contributed by atoms with Crippen LogP contribution in [0.2, 0.25) is 0 Å². The number of ether oxygens (including phenoxy) is 2. The number of aliphatic hydroxyl groups excluding tert-OH is 1. The van der Waals surface area contributed by atoms with Gasteiger partial charge in [0.25, 0.3) is 11.7 Å². The van der Waals surface area contributed by atoms with Gasteiger partial charge in [-0.05, 0) is 30.3 Å². The number of carbonyl (C=O) groups excluding carboxylic acids is 2. The van der Waals surface area contributed by atoms with Crippen LogP contribution in [0.5, 0.6) is 11.5 Å². The number of likely N-dealkylation sites (tertiary alicyclic amines) is 1. The zero-order valence-corrected chi connectivity index (χ0v) is 14.0. The Labute approximate surface area is 149 Å². The molecule has 7 heteroatoms. The second-order valence-electron chi connectivity index (χ2n) is 6.02. The SMILES string of the molecule is CN1C(=O)C(=O)/C(=C(/O)c2ccc3c(c2)OCCO3)C1c1ccccn1. The number of amides is 1. The predicted octanol–water partition coefficient (Wildman–Crippen LogP) is 1.90. The number of carbonyl (C=O) groups is 2. The molecule has 1 saturated heterocycles. The molecule has 0 bridgehead atoms. The molecule has 2 aliphatic rings. The number of fused-ring (bicyclic) bond motifs is 1. The molecule has 26 heavy (non-hydrogen) atoms. The molecule has 4 rings (SSSR count). The van der Waals surface area contributed by atoms with E-state index in [1.807, 2.05) is 0 Å². The Morgan fingerprint density at radius 3 is 2.65 bits per heavy atom. The number of aromatic nitrogens is 1. The minimum atomic E-state index is -0.746. The second-order valence-corrected chi connectivity index (χ2v) is 6.02. The quantitative estimate of drug-likeness (QED) is 0.504. The van der Waals surface area contributed by atoms with E-state index in [0.717, 1.165) is 0 Å². The Balaban J connectivity index is 1.84. The lowest BCUT2D eigenvalue weighted by atomic mass is 9.98. The molecule has 7 nitrogen and oxygen atoms in total. The Morgan fingerprint density at radius 1 is 1.15 bits per heavy atom. The molecular weight excluding hydrogens is 336 g/mol. The first kappa shape index (κ1) is 16.1. The van der Waals surface area contributed by atoms with Gasteiger partial charge in [-0.25, -0.2) is 0 Å². The molecule has 1 amide bonds. The van der Waals surface area contributed by atoms with Gasteiger partial charge in [0.1, 0.15) is 25.0 Å². The van der Waals surface area contributed by atoms with Crippen molar-refractivity contribution in [2.24, 2.45) is 0 Å². The standard InChI is InChI=1S/C19H16N2O5/c1-21-16(12-4-2-3-7-20-12)15(18(23)19(21)24)17(22)11-5-6-13-14(10-11)26-9-8-25-13/h2-7,10,16,22H,8-9H2,1H3/b17-15+. The van der Waals surface area contributed by atoms with Crippen molar-refractivity contribution in [2.45, 2.75) is 6.04 Å². The summed E-state index contributed by atoms with van der Waals surface area (Å²) in [5, 5.41) is 10.8. The third-order valence-electron chi connectivity index (χ3n) is 4.46. The number of aliphatic hydroxyl groups is 1. The molecule has 0 saturated carbocycles. The predicted molar refractivity (Wildman–Crippen MR) is 91.7 cm³/mol. The van der Waals surface area contributed by atoms with Crippen LogP contribution < -0.4 is 9.47 Å². The molecule has 0 aliphatic carbocycles. The average Bonchev–Trinajstić information content (AvgIpc) is 2.91. The van der Waals surface area contributed by atoms with Gasteiger partial charge in [-0.3, -0.25) is 14.6 Å². The largest absolute Gasteiger partial charge is 0.507 e. The highest BCUT2D eigenvalue weighted by atomic mass is 16.6. The summed E-state index contributed by atoms with van der Waals surface area (Å²) in [4.78, 5) is 30.3. The number of hydrogen-bond donors (Lipinski definition) is 1. The summed E-state index contributed by atoms with van der Waals surface area (Å²) < 4.78 is 11.0. The van der Waals surface area contributed by atoms with Crippen LogP contribution in [-0.4, -0.2) is 46.9 Å². The van der Waals surface area contributed by atoms with Gasteiger partial charge in [0.05, 0.1) is 11.3 Å². The normalized spacial score (nSPS) is 21.1. The lowest BCUT2D eigenvalue weighted by molar-refractivity contribution is -0.139. The molecule has 3 heterocycles. The Bertz CT molecular complexity index is 923. The van der Waals surface area contributed by atoms with Gasteiger partial charge >= 0.3 is 0 Å². The molecule has 2 aromatic rings. The number of pyridine rings is 1. The van der Waals surface area contributed by atoms with E-state index in [0.29, 0.717) is 36.0 Å². The highest BCUT2D eigenvalue weighted by molar-refractivity contribution is 6.46. The van der Waals surface area contributed by atoms with Crippen LogP contribution in [0.25, 0.3) is 5.76 Å². The molecule has 1 aromatic carbocycles. The van der Waals surface area contributed by atoms with Crippen molar-refractivity contribution < 1.29 is 24.2 Å². The Hall–Kier alpha value is -3.35. The third kappa shape index (κ3) is 2.48. The van der Waals surface area contributed by atoms with Crippen molar-refractivity contribution >= 4 is 17.4 Å². The van der Waals surface area contributed by atoms with E-state index in [-0.39, 0.29) is 11.3 Å². The van der Waals surface area contributed by atoms with Crippen LogP contribution in [0, 0.1) is 0 Å². The first-order valence-corrected chi connectivity index (χ1v) is 8.13. The van der Waals surface area contributed by atoms with Crippen LogP contribution in [0.15, 0.2) is 48.2 Å². The molecule has 2 aliphatic heterocycles. The Morgan fingerprint density at radius 2 is 1.92 bits per heavy atom. The maximum atomic E-state index is 12.5. The number of hydrogen-bond acceptors (Lipinski definition) is 6. The first-order valence-electron chi connectivity index (χ1n) is 8.13. The van der Waals surface area contributed by atoms with Crippen LogP contribution in [0.1, 0.15) is 17.3 Å². The van der Waals surface area contributed by atoms with E-state index in [1.165, 1.54) is 11.9 Å². The second kappa shape index (κ2) is 6.18. The smallest absolute Gasteiger partial charge is 0.295 e. The fourth-order valence-corrected chi connectivity index (χ4v) is 3.18. The topological polar surface area (TPSA) is 89.0 Å². The zero-order valence-electron chi connectivity index (χ0n) is 14.0. The monoisotopic (exact) mass is 352 g/mol. The van der Waals surface area contributed by atoms with Crippen LogP contribution in [-0.2, 0) is 9.59 Å². The molecule has 132 valence electrons. The van der Waals surface area contributed by atoms with E-state index in [2.05, 4.69) is 4.98 Å². The summed E-state index contributed by atoms with van der Waals surface area (Å²) in [5.41, 5.74) is 0.891. The van der Waals surface area contributed by atoms with Crippen molar-refractivity contribution in [3.05, 3.63) is 59.4 Å². The van der Waals surface area contributed by atoms with Crippen molar-refractivity contribution in [1.82, 2.24) is 9.88 Å². The summed E-state index contributed by atoms with van der Waals surface area (Å²) in [6.07, 6.45) is 1.58. The number of Topliss-reactive ketones (excluding diaryl/α,β-unsaturated/α-hetero) is 1. The number of nitrogens with zero attached hydrogens (tertiary/aromatic N) is 2. The van der Waals surface area contributed by atoms with E-state index in [4.69, 9.17) is 9.47 Å². The van der Waals surface area contributed by atoms with E-state index in [9.17, 15) is 14.7 Å². The fraction of sp³-hybridized carbons (Fsp3) is 0.211. The summed E-state index contributed by atoms with van der Waals surface area (Å²) in [6.45, 7) is 0.865. The van der Waals surface area contributed by atoms with Gasteiger partial charge < -0.3 is 19.5 Å². The van der Waals surface area contributed by atoms with Crippen LogP contribution >= 0.6 is 0 Å². The highest BCUT2D eigenvalue weighted by Gasteiger charge is 2.44. The van der Waals surface area contributed by atoms with Gasteiger partial charge in [0, 0.05) is 18.8 Å². The summed E-state index contributed by atoms with van der Waals surface area (Å²) >= 11 is 0. The summed E-state index contributed by atoms with van der Waals surface area (Å²) in [6, 6.07) is 9.37. The number of likely N-dealkylation sites (N-methyl/N-ethyl adjacent to an activating group) is 1. The van der Waals surface area contributed by atoms with Gasteiger partial charge in [0.15, 0.2) is 11.5 Å². The van der Waals surface area contributed by atoms with Gasteiger partial charge in [0.2, 0.25) is 0 Å². The Kier molecular flexibility index (Phi) is 3.84. The molecule has 1 atom stereocenters. The first-order chi connectivity index (χ1) is 12.6. The van der Waals surface area contributed by atoms with E-state index >= 15 is 0 Å². The van der Waals surface area contributed by atoms with E-state index < -0.39 is 17.7 Å². The summed E-state index contributed by atoms with van der Waals surface area (Å²) in [5.74, 6) is -0.624. The van der Waals surface area contributed by atoms with Crippen LogP contribution in [0.3, 0.4) is 0 Å². The van der Waals surface area contributed by atoms with Crippen molar-refractivity contribution in [2.75, 3.05) is 20.3 Å². The van der Waals surface area contributed by atoms with Gasteiger partial charge in [-0.2, -0.15) is 0 Å². The van der Waals surface area contributed by atoms with Crippen molar-refractivity contribution in [3.8, 4) is 11.5 Å². The van der Waals surface area contributed by atoms with Crippen molar-refractivity contribution in [1.29, 1.82) is 0 Å². The molecule has 1 aromatic heterocycles. The van der Waals surface area contributed by atoms with Gasteiger partial charge in [-0.1, -0.05) is 6.07 Å². The minimum Gasteiger partial charge on any atom is -0.507 e. The minimum absolute atomic E-state index is 0.00729. The number of benzene rings is 1. The zero-order chi connectivity index (χ0) is 18.3. The van der Waals surface area contributed by atoms with Gasteiger partial charge in [-0.15, -0.1) is 0 Å². The van der Waals surface area contributed by atoms with Crippen LogP contribution in [0.4, 0.5) is 0 Å². The third-order valence-corrected chi connectivity index (χ3v) is 4.46. The number of rotatable bonds is 2. The molecule has 1 fully saturated rings. The maximum absolute atomic E-state index is 12.5. The molecular formula is C19H16N2O5. The molecule has 0 spiro atoms. The maximum Gasteiger partial charge on any atom is 0.295 e. The summed E-state index contributed by atoms with van der Waals surface area (Å²) in [7, 11) is 1.52. The van der Waals surface area contributed by atoms with Crippen molar-refractivity contribution in [3.63, 3.8) is 0 Å². The lowest BCUT2D eigenvalue weighted by Crippen LogP contribution is -2.25.